The molecule has 2 heterocycles. The van der Waals surface area contributed by atoms with Gasteiger partial charge in [-0.1, -0.05) is 114 Å². The van der Waals surface area contributed by atoms with Gasteiger partial charge in [0, 0.05) is 59.9 Å². The summed E-state index contributed by atoms with van der Waals surface area (Å²) >= 11 is 3.34. The van der Waals surface area contributed by atoms with Gasteiger partial charge in [-0.15, -0.1) is 0 Å². The van der Waals surface area contributed by atoms with E-state index in [9.17, 15) is 19.2 Å². The maximum Gasteiger partial charge on any atom is 0.329 e. The molecule has 4 aromatic carbocycles. The summed E-state index contributed by atoms with van der Waals surface area (Å²) in [6, 6.07) is 28.2. The van der Waals surface area contributed by atoms with E-state index in [1.165, 1.54) is 12.4 Å². The van der Waals surface area contributed by atoms with E-state index in [0.29, 0.717) is 34.9 Å². The number of benzene rings is 4. The van der Waals surface area contributed by atoms with Crippen molar-refractivity contribution in [3.63, 3.8) is 0 Å². The number of halogens is 1. The Morgan fingerprint density at radius 2 is 0.845 bits per heavy atom. The molecule has 370 valence electrons. The van der Waals surface area contributed by atoms with Gasteiger partial charge in [0.05, 0.1) is 11.0 Å². The number of amides is 2. The van der Waals surface area contributed by atoms with Crippen molar-refractivity contribution in [2.75, 3.05) is 0 Å². The van der Waals surface area contributed by atoms with Crippen LogP contribution in [0.15, 0.2) is 126 Å². The quantitative estimate of drug-likeness (QED) is 0.0889. The Kier molecular flexibility index (Phi) is 17.9. The third-order valence-corrected chi connectivity index (χ3v) is 11.1. The predicted octanol–water partition coefficient (Wildman–Crippen LogP) is 11.6. The summed E-state index contributed by atoms with van der Waals surface area (Å²) in [6.45, 7) is 30.5. The van der Waals surface area contributed by atoms with E-state index < -0.39 is 35.2 Å². The molecular weight excluding hydrogens is 959 g/mol. The molecule has 0 spiro atoms. The van der Waals surface area contributed by atoms with Crippen LogP contribution in [-0.4, -0.2) is 67.0 Å². The Labute approximate surface area is 426 Å². The molecule has 2 N–H and O–H groups in total. The predicted molar refractivity (Wildman–Crippen MR) is 281 cm³/mol. The first-order valence-electron chi connectivity index (χ1n) is 23.3. The lowest BCUT2D eigenvalue weighted by molar-refractivity contribution is -0.158. The monoisotopic (exact) mass is 1020 g/mol. The van der Waals surface area contributed by atoms with E-state index in [-0.39, 0.29) is 29.1 Å². The van der Waals surface area contributed by atoms with Gasteiger partial charge in [-0.2, -0.15) is 0 Å². The second-order valence-electron chi connectivity index (χ2n) is 21.2. The fraction of sp³-hybridized carbons (Fsp3) is 0.351. The Bertz CT molecular complexity index is 2800. The third-order valence-electron chi connectivity index (χ3n) is 10.7. The van der Waals surface area contributed by atoms with Crippen LogP contribution in [0, 0.1) is 6.57 Å². The van der Waals surface area contributed by atoms with Crippen molar-refractivity contribution in [2.45, 2.75) is 130 Å². The maximum absolute atomic E-state index is 13.0. The molecule has 0 aliphatic carbocycles. The van der Waals surface area contributed by atoms with Crippen LogP contribution < -0.4 is 10.6 Å². The number of hydrogen-bond donors (Lipinski definition) is 2. The lowest BCUT2D eigenvalue weighted by Gasteiger charge is -2.25. The van der Waals surface area contributed by atoms with Gasteiger partial charge in [0.15, 0.2) is 11.6 Å². The largest absolute Gasteiger partial charge is 0.458 e. The van der Waals surface area contributed by atoms with Crippen LogP contribution >= 0.6 is 15.9 Å². The highest BCUT2D eigenvalue weighted by Gasteiger charge is 2.29. The molecule has 0 saturated heterocycles. The van der Waals surface area contributed by atoms with Crippen LogP contribution in [0.3, 0.4) is 0 Å². The second kappa shape index (κ2) is 23.2. The number of hydrogen-bond acceptors (Lipinski definition) is 10. The Morgan fingerprint density at radius 1 is 0.521 bits per heavy atom. The average Bonchev–Trinajstić information content (AvgIpc) is 3.30. The second-order valence-corrected chi connectivity index (χ2v) is 22.1. The number of aromatic nitrogens is 4. The van der Waals surface area contributed by atoms with Crippen molar-refractivity contribution < 1.29 is 28.7 Å². The molecule has 71 heavy (non-hydrogen) atoms. The molecule has 6 aromatic rings. The number of nitrogens with one attached hydrogen (secondary N) is 2. The van der Waals surface area contributed by atoms with Gasteiger partial charge in [-0.25, -0.2) is 34.4 Å². The van der Waals surface area contributed by atoms with Crippen molar-refractivity contribution >= 4 is 45.4 Å². The van der Waals surface area contributed by atoms with Crippen molar-refractivity contribution in [2.24, 2.45) is 0 Å². The number of nitrogens with zero attached hydrogens (tertiary/aromatic N) is 5. The first-order chi connectivity index (χ1) is 33.2. The molecule has 0 fully saturated rings. The highest BCUT2D eigenvalue weighted by molar-refractivity contribution is 9.10. The van der Waals surface area contributed by atoms with Gasteiger partial charge in [0.2, 0.25) is 5.69 Å². The Balaban J connectivity index is 0.000000264. The summed E-state index contributed by atoms with van der Waals surface area (Å²) in [4.78, 5) is 72.3. The average molecular weight is 1020 g/mol. The van der Waals surface area contributed by atoms with Gasteiger partial charge in [-0.05, 0) is 115 Å². The summed E-state index contributed by atoms with van der Waals surface area (Å²) < 4.78 is 12.0. The Morgan fingerprint density at radius 3 is 1.14 bits per heavy atom. The van der Waals surface area contributed by atoms with Crippen LogP contribution in [0.2, 0.25) is 0 Å². The minimum atomic E-state index is -0.862. The molecule has 0 radical (unpaired) electrons. The van der Waals surface area contributed by atoms with E-state index in [2.05, 4.69) is 92.9 Å². The van der Waals surface area contributed by atoms with E-state index in [0.717, 1.165) is 37.9 Å². The van der Waals surface area contributed by atoms with Gasteiger partial charge >= 0.3 is 11.9 Å². The molecule has 14 heteroatoms. The molecule has 13 nitrogen and oxygen atoms in total. The first-order valence-corrected chi connectivity index (χ1v) is 24.1. The topological polar surface area (TPSA) is 167 Å². The normalized spacial score (nSPS) is 12.5. The van der Waals surface area contributed by atoms with Crippen molar-refractivity contribution in [1.82, 2.24) is 30.6 Å². The molecule has 2 aromatic heterocycles. The van der Waals surface area contributed by atoms with Crippen molar-refractivity contribution in [3.8, 4) is 22.8 Å². The molecule has 0 aliphatic heterocycles. The summed E-state index contributed by atoms with van der Waals surface area (Å²) in [5.74, 6) is -0.515. The lowest BCUT2D eigenvalue weighted by Crippen LogP contribution is -2.45. The van der Waals surface area contributed by atoms with E-state index >= 15 is 0 Å². The Hall–Kier alpha value is -7.11. The molecule has 0 aliphatic rings. The zero-order valence-electron chi connectivity index (χ0n) is 42.7. The summed E-state index contributed by atoms with van der Waals surface area (Å²) in [5.41, 5.74) is 5.57. The molecule has 2 amide bonds. The highest BCUT2D eigenvalue weighted by Crippen LogP contribution is 2.25. The van der Waals surface area contributed by atoms with Crippen LogP contribution in [-0.2, 0) is 42.7 Å². The minimum absolute atomic E-state index is 0.0124. The number of rotatable bonds is 12. The van der Waals surface area contributed by atoms with Crippen LogP contribution in [0.4, 0.5) is 5.69 Å². The summed E-state index contributed by atoms with van der Waals surface area (Å²) in [6.07, 6.45) is 6.90. The molecular formula is C57H64BrN7O6. The van der Waals surface area contributed by atoms with Gasteiger partial charge < -0.3 is 20.1 Å². The smallest absolute Gasteiger partial charge is 0.329 e. The van der Waals surface area contributed by atoms with Gasteiger partial charge in [0.1, 0.15) is 23.3 Å². The fourth-order valence-corrected chi connectivity index (χ4v) is 7.10. The molecule has 0 bridgehead atoms. The zero-order chi connectivity index (χ0) is 52.3. The first kappa shape index (κ1) is 54.8. The highest BCUT2D eigenvalue weighted by atomic mass is 79.9. The number of esters is 2. The van der Waals surface area contributed by atoms with Gasteiger partial charge in [-0.3, -0.25) is 9.59 Å². The molecule has 2 atom stereocenters. The minimum Gasteiger partial charge on any atom is -0.458 e. The SMILES string of the molecule is CC(C)(C)OC(=O)[C@H](Cc1ccc(-c2ncc(Br)cn2)cc1)NC(=O)c1ccc(C(C)(C)C)cc1.[C-]#[N+]c1cnc(-c2ccc(C[C@H](NC(=O)c3ccc(C(C)(C)C)cc3)C(=O)OC(C)(C)C)cc2)nc1. The maximum atomic E-state index is 13.0. The summed E-state index contributed by atoms with van der Waals surface area (Å²) in [7, 11) is 0. The molecule has 0 saturated carbocycles. The zero-order valence-corrected chi connectivity index (χ0v) is 44.3. The van der Waals surface area contributed by atoms with E-state index in [4.69, 9.17) is 16.0 Å². The fourth-order valence-electron chi connectivity index (χ4n) is 6.90. The number of ether oxygens (including phenoxy) is 2. The molecule has 6 rings (SSSR count). The van der Waals surface area contributed by atoms with Crippen LogP contribution in [0.25, 0.3) is 27.6 Å². The summed E-state index contributed by atoms with van der Waals surface area (Å²) in [5, 5.41) is 5.73. The number of carbonyl (C=O) groups excluding carboxylic acids is 4. The van der Waals surface area contributed by atoms with Crippen LogP contribution in [0.5, 0.6) is 0 Å². The van der Waals surface area contributed by atoms with E-state index in [1.807, 2.05) is 93.6 Å². The standard InChI is InChI=1S/C29H32N4O3.C28H32BrN3O3/c1-28(2,3)22-14-12-21(13-15-22)26(34)33-24(27(35)36-29(4,5)6)16-19-8-10-20(11-9-19)25-31-17-23(30-7)18-32-25;1-27(2,3)21-13-11-20(12-14-21)25(33)32-23(26(34)35-28(4,5)6)15-18-7-9-19(10-8-18)24-30-16-22(29)17-31-24/h8-15,17-18,24H,16H2,1-6H3,(H,33,34);7-14,16-17,23H,15H2,1-6H3,(H,32,33)/t24-;23-/m00/s1. The molecule has 0 unspecified atom stereocenters. The third kappa shape index (κ3) is 17.1. The van der Waals surface area contributed by atoms with Gasteiger partial charge in [0.25, 0.3) is 11.8 Å². The lowest BCUT2D eigenvalue weighted by atomic mass is 9.86. The van der Waals surface area contributed by atoms with Crippen LogP contribution in [0.1, 0.15) is 126 Å². The van der Waals surface area contributed by atoms with E-state index in [1.54, 1.807) is 57.4 Å². The number of carbonyl (C=O) groups is 4. The van der Waals surface area contributed by atoms with Crippen molar-refractivity contribution in [3.05, 3.63) is 171 Å². The van der Waals surface area contributed by atoms with Crippen molar-refractivity contribution in [1.29, 1.82) is 0 Å².